The number of benzene rings is 1. The van der Waals surface area contributed by atoms with Crippen LogP contribution in [0, 0.1) is 6.92 Å². The van der Waals surface area contributed by atoms with E-state index < -0.39 is 0 Å². The van der Waals surface area contributed by atoms with Gasteiger partial charge in [0.15, 0.2) is 11.5 Å². The lowest BCUT2D eigenvalue weighted by Gasteiger charge is -2.23. The molecule has 0 aliphatic rings. The molecular weight excluding hydrogens is 354 g/mol. The molecule has 1 aromatic heterocycles. The highest BCUT2D eigenvalue weighted by molar-refractivity contribution is 6.30. The van der Waals surface area contributed by atoms with Crippen molar-refractivity contribution in [2.75, 3.05) is 34.4 Å². The van der Waals surface area contributed by atoms with Gasteiger partial charge in [-0.25, -0.2) is 4.98 Å². The van der Waals surface area contributed by atoms with E-state index in [-0.39, 0.29) is 0 Å². The maximum atomic E-state index is 6.29. The molecule has 0 atom stereocenters. The van der Waals surface area contributed by atoms with Crippen LogP contribution in [0.15, 0.2) is 24.3 Å². The van der Waals surface area contributed by atoms with Crippen LogP contribution in [0.2, 0.25) is 5.15 Å². The zero-order chi connectivity index (χ0) is 19.1. The number of nitrogens with zero attached hydrogens (tertiary/aromatic N) is 2. The molecule has 0 bridgehead atoms. The van der Waals surface area contributed by atoms with Gasteiger partial charge in [0.05, 0.1) is 21.3 Å². The largest absolute Gasteiger partial charge is 0.493 e. The van der Waals surface area contributed by atoms with Crippen molar-refractivity contribution in [3.63, 3.8) is 0 Å². The molecule has 142 valence electrons. The number of methoxy groups -OCH3 is 3. The van der Waals surface area contributed by atoms with E-state index in [2.05, 4.69) is 9.88 Å². The van der Waals surface area contributed by atoms with Crippen LogP contribution >= 0.6 is 11.6 Å². The maximum absolute atomic E-state index is 6.29. The summed E-state index contributed by atoms with van der Waals surface area (Å²) in [5, 5.41) is 0.525. The van der Waals surface area contributed by atoms with Crippen LogP contribution in [-0.4, -0.2) is 44.3 Å². The van der Waals surface area contributed by atoms with Crippen LogP contribution in [0.4, 0.5) is 0 Å². The fourth-order valence-electron chi connectivity index (χ4n) is 2.79. The fourth-order valence-corrected chi connectivity index (χ4v) is 3.05. The molecule has 0 aliphatic carbocycles. The van der Waals surface area contributed by atoms with Crippen LogP contribution in [0.25, 0.3) is 0 Å². The van der Waals surface area contributed by atoms with Gasteiger partial charge in [-0.15, -0.1) is 0 Å². The zero-order valence-corrected chi connectivity index (χ0v) is 16.5. The summed E-state index contributed by atoms with van der Waals surface area (Å²) in [6, 6.07) is 7.85. The Morgan fingerprint density at radius 1 is 1.04 bits per heavy atom. The van der Waals surface area contributed by atoms with Crippen LogP contribution in [0.1, 0.15) is 16.8 Å². The SMILES string of the molecule is COc1cc(CN(CCN)Cc2ccc(C)nc2Cl)cc(OC)c1OC. The van der Waals surface area contributed by atoms with Crippen LogP contribution in [0.5, 0.6) is 17.2 Å². The molecule has 1 aromatic carbocycles. The van der Waals surface area contributed by atoms with E-state index in [0.717, 1.165) is 23.4 Å². The minimum Gasteiger partial charge on any atom is -0.493 e. The van der Waals surface area contributed by atoms with Gasteiger partial charge >= 0.3 is 0 Å². The Morgan fingerprint density at radius 3 is 2.19 bits per heavy atom. The number of aromatic nitrogens is 1. The third kappa shape index (κ3) is 5.00. The molecule has 2 rings (SSSR count). The summed E-state index contributed by atoms with van der Waals surface area (Å²) >= 11 is 6.29. The molecule has 7 heteroatoms. The summed E-state index contributed by atoms with van der Waals surface area (Å²) in [7, 11) is 4.81. The normalized spacial score (nSPS) is 10.9. The first-order valence-electron chi connectivity index (χ1n) is 8.35. The Labute approximate surface area is 159 Å². The molecule has 2 N–H and O–H groups in total. The van der Waals surface area contributed by atoms with Crippen molar-refractivity contribution in [1.29, 1.82) is 0 Å². The fraction of sp³-hybridized carbons (Fsp3) is 0.421. The number of rotatable bonds is 9. The van der Waals surface area contributed by atoms with Gasteiger partial charge in [0.1, 0.15) is 5.15 Å². The van der Waals surface area contributed by atoms with E-state index in [4.69, 9.17) is 31.5 Å². The molecule has 0 aliphatic heterocycles. The average molecular weight is 380 g/mol. The average Bonchev–Trinajstić information content (AvgIpc) is 2.63. The second-order valence-electron chi connectivity index (χ2n) is 5.94. The molecule has 0 radical (unpaired) electrons. The molecule has 1 heterocycles. The second kappa shape index (κ2) is 9.62. The van der Waals surface area contributed by atoms with Crippen molar-refractivity contribution in [2.24, 2.45) is 5.73 Å². The van der Waals surface area contributed by atoms with Crippen LogP contribution in [0.3, 0.4) is 0 Å². The van der Waals surface area contributed by atoms with E-state index in [0.29, 0.717) is 42.0 Å². The van der Waals surface area contributed by atoms with Gasteiger partial charge in [-0.2, -0.15) is 0 Å². The minimum absolute atomic E-state index is 0.525. The summed E-state index contributed by atoms with van der Waals surface area (Å²) in [5.74, 6) is 1.84. The molecule has 6 nitrogen and oxygen atoms in total. The molecule has 0 saturated carbocycles. The van der Waals surface area contributed by atoms with Crippen LogP contribution < -0.4 is 19.9 Å². The van der Waals surface area contributed by atoms with Crippen molar-refractivity contribution in [2.45, 2.75) is 20.0 Å². The van der Waals surface area contributed by atoms with Crippen molar-refractivity contribution < 1.29 is 14.2 Å². The molecule has 26 heavy (non-hydrogen) atoms. The van der Waals surface area contributed by atoms with E-state index >= 15 is 0 Å². The molecule has 0 saturated heterocycles. The monoisotopic (exact) mass is 379 g/mol. The Bertz CT molecular complexity index is 715. The highest BCUT2D eigenvalue weighted by Gasteiger charge is 2.16. The summed E-state index contributed by atoms with van der Waals surface area (Å²) < 4.78 is 16.2. The van der Waals surface area contributed by atoms with Crippen molar-refractivity contribution >= 4 is 11.6 Å². The number of nitrogens with two attached hydrogens (primary N) is 1. The summed E-state index contributed by atoms with van der Waals surface area (Å²) in [6.07, 6.45) is 0. The molecule has 0 fully saturated rings. The summed E-state index contributed by atoms with van der Waals surface area (Å²) in [6.45, 7) is 4.50. The summed E-state index contributed by atoms with van der Waals surface area (Å²) in [5.41, 5.74) is 8.70. The lowest BCUT2D eigenvalue weighted by atomic mass is 10.1. The number of halogens is 1. The predicted molar refractivity (Wildman–Crippen MR) is 103 cm³/mol. The van der Waals surface area contributed by atoms with Gasteiger partial charge in [0.25, 0.3) is 0 Å². The lowest BCUT2D eigenvalue weighted by Crippen LogP contribution is -2.29. The van der Waals surface area contributed by atoms with E-state index in [9.17, 15) is 0 Å². The first-order valence-corrected chi connectivity index (χ1v) is 8.73. The molecular formula is C19H26ClN3O3. The van der Waals surface area contributed by atoms with Gasteiger partial charge in [-0.05, 0) is 30.7 Å². The van der Waals surface area contributed by atoms with E-state index in [1.807, 2.05) is 31.2 Å². The Hall–Kier alpha value is -2.02. The van der Waals surface area contributed by atoms with Gasteiger partial charge in [0.2, 0.25) is 5.75 Å². The number of hydrogen-bond donors (Lipinski definition) is 1. The second-order valence-corrected chi connectivity index (χ2v) is 6.29. The maximum Gasteiger partial charge on any atom is 0.203 e. The molecule has 2 aromatic rings. The number of hydrogen-bond acceptors (Lipinski definition) is 6. The quantitative estimate of drug-likeness (QED) is 0.675. The first kappa shape index (κ1) is 20.3. The third-order valence-corrected chi connectivity index (χ3v) is 4.36. The van der Waals surface area contributed by atoms with Gasteiger partial charge in [-0.3, -0.25) is 4.90 Å². The predicted octanol–water partition coefficient (Wildman–Crippen LogP) is 3.03. The smallest absolute Gasteiger partial charge is 0.203 e. The topological polar surface area (TPSA) is 69.8 Å². The zero-order valence-electron chi connectivity index (χ0n) is 15.7. The minimum atomic E-state index is 0.525. The van der Waals surface area contributed by atoms with Crippen molar-refractivity contribution in [3.05, 3.63) is 46.2 Å². The van der Waals surface area contributed by atoms with Crippen LogP contribution in [-0.2, 0) is 13.1 Å². The van der Waals surface area contributed by atoms with Gasteiger partial charge < -0.3 is 19.9 Å². The lowest BCUT2D eigenvalue weighted by molar-refractivity contribution is 0.262. The number of pyridine rings is 1. The standard InChI is InChI=1S/C19H26ClN3O3/c1-13-5-6-15(19(20)22-13)12-23(8-7-21)11-14-9-16(24-2)18(26-4)17(10-14)25-3/h5-6,9-10H,7-8,11-12,21H2,1-4H3. The molecule has 0 unspecified atom stereocenters. The molecule has 0 spiro atoms. The third-order valence-electron chi connectivity index (χ3n) is 4.04. The van der Waals surface area contributed by atoms with Gasteiger partial charge in [0, 0.05) is 37.4 Å². The molecule has 0 amide bonds. The highest BCUT2D eigenvalue weighted by Crippen LogP contribution is 2.38. The Kier molecular flexibility index (Phi) is 7.50. The highest BCUT2D eigenvalue weighted by atomic mass is 35.5. The van der Waals surface area contributed by atoms with E-state index in [1.165, 1.54) is 0 Å². The van der Waals surface area contributed by atoms with E-state index in [1.54, 1.807) is 21.3 Å². The number of ether oxygens (including phenoxy) is 3. The first-order chi connectivity index (χ1) is 12.5. The summed E-state index contributed by atoms with van der Waals surface area (Å²) in [4.78, 5) is 6.53. The van der Waals surface area contributed by atoms with Gasteiger partial charge in [-0.1, -0.05) is 17.7 Å². The number of aryl methyl sites for hydroxylation is 1. The van der Waals surface area contributed by atoms with Crippen molar-refractivity contribution in [1.82, 2.24) is 9.88 Å². The Morgan fingerprint density at radius 2 is 1.69 bits per heavy atom. The van der Waals surface area contributed by atoms with Crippen molar-refractivity contribution in [3.8, 4) is 17.2 Å². The Balaban J connectivity index is 2.26.